The first-order chi connectivity index (χ1) is 14.6. The fourth-order valence-electron chi connectivity index (χ4n) is 3.06. The minimum Gasteiger partial charge on any atom is -0.493 e. The van der Waals surface area contributed by atoms with E-state index >= 15 is 0 Å². The van der Waals surface area contributed by atoms with E-state index in [1.54, 1.807) is 32.4 Å². The molecule has 0 unspecified atom stereocenters. The zero-order chi connectivity index (χ0) is 21.1. The Balaban J connectivity index is 1.75. The van der Waals surface area contributed by atoms with Crippen molar-refractivity contribution in [1.82, 2.24) is 4.57 Å². The zero-order valence-electron chi connectivity index (χ0n) is 16.8. The zero-order valence-corrected chi connectivity index (χ0v) is 17.6. The van der Waals surface area contributed by atoms with Crippen molar-refractivity contribution in [2.24, 2.45) is 12.0 Å². The van der Waals surface area contributed by atoms with E-state index < -0.39 is 0 Å². The highest BCUT2D eigenvalue weighted by Gasteiger charge is 2.15. The first-order valence-corrected chi connectivity index (χ1v) is 10.0. The minimum atomic E-state index is -0.373. The quantitative estimate of drug-likeness (QED) is 0.466. The third-order valence-electron chi connectivity index (χ3n) is 4.60. The number of para-hydroxylation sites is 2. The molecule has 0 radical (unpaired) electrons. The van der Waals surface area contributed by atoms with Crippen LogP contribution in [-0.4, -0.2) is 24.7 Å². The molecule has 0 bridgehead atoms. The van der Waals surface area contributed by atoms with Gasteiger partial charge >= 0.3 is 0 Å². The summed E-state index contributed by atoms with van der Waals surface area (Å²) in [6, 6.07) is 20.2. The third-order valence-corrected chi connectivity index (χ3v) is 5.69. The van der Waals surface area contributed by atoms with Crippen LogP contribution in [0.25, 0.3) is 10.2 Å². The Bertz CT molecular complexity index is 1280. The molecule has 3 aromatic carbocycles. The molecule has 0 aliphatic heterocycles. The number of nitrogens with zero attached hydrogens (tertiary/aromatic N) is 2. The van der Waals surface area contributed by atoms with Crippen molar-refractivity contribution in [3.8, 4) is 23.0 Å². The molecule has 0 aliphatic carbocycles. The molecular weight excluding hydrogens is 400 g/mol. The Kier molecular flexibility index (Phi) is 5.54. The fraction of sp³-hybridized carbons (Fsp3) is 0.130. The fourth-order valence-corrected chi connectivity index (χ4v) is 4.08. The summed E-state index contributed by atoms with van der Waals surface area (Å²) in [7, 11) is 5.05. The van der Waals surface area contributed by atoms with E-state index in [0.29, 0.717) is 33.4 Å². The van der Waals surface area contributed by atoms with E-state index in [4.69, 9.17) is 14.2 Å². The molecule has 0 N–H and O–H groups in total. The van der Waals surface area contributed by atoms with Gasteiger partial charge in [0, 0.05) is 19.2 Å². The minimum absolute atomic E-state index is 0.373. The van der Waals surface area contributed by atoms with Gasteiger partial charge in [0.1, 0.15) is 11.5 Å². The molecule has 1 amide bonds. The molecule has 152 valence electrons. The molecule has 0 fully saturated rings. The van der Waals surface area contributed by atoms with Gasteiger partial charge in [-0.05, 0) is 24.3 Å². The van der Waals surface area contributed by atoms with Gasteiger partial charge in [0.05, 0.1) is 30.0 Å². The lowest BCUT2D eigenvalue weighted by molar-refractivity contribution is 0.0995. The summed E-state index contributed by atoms with van der Waals surface area (Å²) in [4.78, 5) is 17.9. The average molecular weight is 420 g/mol. The number of hydrogen-bond acceptors (Lipinski definition) is 5. The summed E-state index contributed by atoms with van der Waals surface area (Å²) in [5.74, 6) is 2.00. The van der Waals surface area contributed by atoms with Gasteiger partial charge in [-0.1, -0.05) is 41.7 Å². The number of methoxy groups -OCH3 is 2. The SMILES string of the molecule is COc1cc2sc(=NC(=O)c3ccccc3Oc3ccccc3)n(C)c2cc1OC. The molecule has 0 spiro atoms. The molecule has 1 aromatic heterocycles. The molecule has 0 saturated carbocycles. The Morgan fingerprint density at radius 3 is 2.30 bits per heavy atom. The number of carbonyl (C=O) groups is 1. The highest BCUT2D eigenvalue weighted by atomic mass is 32.1. The summed E-state index contributed by atoms with van der Waals surface area (Å²) in [5, 5.41) is 0. The van der Waals surface area contributed by atoms with Crippen LogP contribution in [0, 0.1) is 0 Å². The summed E-state index contributed by atoms with van der Waals surface area (Å²) >= 11 is 1.40. The smallest absolute Gasteiger partial charge is 0.283 e. The van der Waals surface area contributed by atoms with E-state index in [2.05, 4.69) is 4.99 Å². The second-order valence-electron chi connectivity index (χ2n) is 6.45. The van der Waals surface area contributed by atoms with Gasteiger partial charge < -0.3 is 18.8 Å². The van der Waals surface area contributed by atoms with Crippen molar-refractivity contribution < 1.29 is 19.0 Å². The average Bonchev–Trinajstić information content (AvgIpc) is 3.08. The molecule has 0 saturated heterocycles. The monoisotopic (exact) mass is 420 g/mol. The summed E-state index contributed by atoms with van der Waals surface area (Å²) in [6.45, 7) is 0. The molecular formula is C23H20N2O4S. The van der Waals surface area contributed by atoms with Crippen LogP contribution in [0.3, 0.4) is 0 Å². The molecule has 4 rings (SSSR count). The molecule has 6 nitrogen and oxygen atoms in total. The maximum absolute atomic E-state index is 13.0. The first-order valence-electron chi connectivity index (χ1n) is 9.23. The van der Waals surface area contributed by atoms with Crippen LogP contribution >= 0.6 is 11.3 Å². The summed E-state index contributed by atoms with van der Waals surface area (Å²) in [6.07, 6.45) is 0. The first kappa shape index (κ1) is 19.7. The van der Waals surface area contributed by atoms with Crippen LogP contribution in [0.2, 0.25) is 0 Å². The third kappa shape index (κ3) is 3.79. The Labute approximate surface area is 177 Å². The standard InChI is InChI=1S/C23H20N2O4S/c1-25-17-13-19(27-2)20(28-3)14-21(17)30-23(25)24-22(26)16-11-7-8-12-18(16)29-15-9-5-4-6-10-15/h4-14H,1-3H3. The predicted octanol–water partition coefficient (Wildman–Crippen LogP) is 4.79. The van der Waals surface area contributed by atoms with Gasteiger partial charge in [-0.15, -0.1) is 0 Å². The van der Waals surface area contributed by atoms with Crippen molar-refractivity contribution in [1.29, 1.82) is 0 Å². The van der Waals surface area contributed by atoms with E-state index in [9.17, 15) is 4.79 Å². The number of hydrogen-bond donors (Lipinski definition) is 0. The van der Waals surface area contributed by atoms with Gasteiger partial charge in [0.25, 0.3) is 5.91 Å². The Morgan fingerprint density at radius 1 is 0.900 bits per heavy atom. The topological polar surface area (TPSA) is 62.0 Å². The van der Waals surface area contributed by atoms with Crippen LogP contribution in [0.5, 0.6) is 23.0 Å². The number of benzene rings is 3. The highest BCUT2D eigenvalue weighted by Crippen LogP contribution is 2.33. The highest BCUT2D eigenvalue weighted by molar-refractivity contribution is 7.16. The number of amides is 1. The Hall–Kier alpha value is -3.58. The lowest BCUT2D eigenvalue weighted by atomic mass is 10.2. The van der Waals surface area contributed by atoms with Crippen molar-refractivity contribution >= 4 is 27.5 Å². The van der Waals surface area contributed by atoms with Crippen LogP contribution < -0.4 is 19.0 Å². The van der Waals surface area contributed by atoms with E-state index in [0.717, 1.165) is 10.2 Å². The lowest BCUT2D eigenvalue weighted by Gasteiger charge is -2.08. The van der Waals surface area contributed by atoms with E-state index in [1.165, 1.54) is 11.3 Å². The van der Waals surface area contributed by atoms with Crippen LogP contribution in [0.1, 0.15) is 10.4 Å². The normalized spacial score (nSPS) is 11.5. The summed E-state index contributed by atoms with van der Waals surface area (Å²) in [5.41, 5.74) is 1.30. The number of aromatic nitrogens is 1. The molecule has 30 heavy (non-hydrogen) atoms. The van der Waals surface area contributed by atoms with Crippen LogP contribution in [-0.2, 0) is 7.05 Å². The maximum atomic E-state index is 13.0. The Morgan fingerprint density at radius 2 is 1.57 bits per heavy atom. The predicted molar refractivity (Wildman–Crippen MR) is 117 cm³/mol. The van der Waals surface area contributed by atoms with Crippen molar-refractivity contribution in [2.45, 2.75) is 0 Å². The summed E-state index contributed by atoms with van der Waals surface area (Å²) < 4.78 is 19.5. The van der Waals surface area contributed by atoms with Crippen LogP contribution in [0.15, 0.2) is 71.7 Å². The van der Waals surface area contributed by atoms with Gasteiger partial charge in [0.2, 0.25) is 0 Å². The van der Waals surface area contributed by atoms with Crippen molar-refractivity contribution in [3.63, 3.8) is 0 Å². The van der Waals surface area contributed by atoms with Gasteiger partial charge in [0.15, 0.2) is 16.3 Å². The second kappa shape index (κ2) is 8.42. The number of fused-ring (bicyclic) bond motifs is 1. The van der Waals surface area contributed by atoms with E-state index in [-0.39, 0.29) is 5.91 Å². The second-order valence-corrected chi connectivity index (χ2v) is 7.46. The molecule has 4 aromatic rings. The maximum Gasteiger partial charge on any atom is 0.283 e. The number of thiazole rings is 1. The number of carbonyl (C=O) groups excluding carboxylic acids is 1. The number of ether oxygens (including phenoxy) is 3. The lowest BCUT2D eigenvalue weighted by Crippen LogP contribution is -2.13. The number of rotatable bonds is 5. The van der Waals surface area contributed by atoms with Crippen LogP contribution in [0.4, 0.5) is 0 Å². The van der Waals surface area contributed by atoms with Crippen molar-refractivity contribution in [3.05, 3.63) is 77.1 Å². The largest absolute Gasteiger partial charge is 0.493 e. The molecule has 7 heteroatoms. The van der Waals surface area contributed by atoms with Gasteiger partial charge in [-0.25, -0.2) is 0 Å². The van der Waals surface area contributed by atoms with Gasteiger partial charge in [-0.3, -0.25) is 4.79 Å². The molecule has 1 heterocycles. The molecule has 0 atom stereocenters. The molecule has 0 aliphatic rings. The number of aryl methyl sites for hydroxylation is 1. The van der Waals surface area contributed by atoms with E-state index in [1.807, 2.05) is 60.1 Å². The van der Waals surface area contributed by atoms with Gasteiger partial charge in [-0.2, -0.15) is 4.99 Å². The van der Waals surface area contributed by atoms with Crippen molar-refractivity contribution in [2.75, 3.05) is 14.2 Å².